The molecule has 0 heterocycles. The molecule has 2 aromatic rings. The van der Waals surface area contributed by atoms with E-state index in [-0.39, 0.29) is 10.8 Å². The second-order valence-corrected chi connectivity index (χ2v) is 25.0. The minimum Gasteiger partial charge on any atom is -0.224 e. The summed E-state index contributed by atoms with van der Waals surface area (Å²) in [4.78, 5) is 0. The summed E-state index contributed by atoms with van der Waals surface area (Å²) in [7, 11) is -3.59. The molecule has 0 atom stereocenters. The van der Waals surface area contributed by atoms with E-state index in [1.807, 2.05) is 48.5 Å². The Morgan fingerprint density at radius 2 is 0.724 bits per heavy atom. The Balaban J connectivity index is 2.48. The fourth-order valence-corrected chi connectivity index (χ4v) is 14.5. The van der Waals surface area contributed by atoms with Gasteiger partial charge in [-0.05, 0) is 123 Å². The lowest BCUT2D eigenvalue weighted by Crippen LogP contribution is -2.34. The molecular formula is C22H26I4O2S. The number of hydrogen-bond donors (Lipinski definition) is 0. The predicted molar refractivity (Wildman–Crippen MR) is 159 cm³/mol. The Kier molecular flexibility index (Phi) is 8.17. The van der Waals surface area contributed by atoms with Crippen molar-refractivity contribution in [3.8, 4) is 0 Å². The van der Waals surface area contributed by atoms with E-state index in [0.29, 0.717) is 0 Å². The molecule has 0 unspecified atom stereocenters. The normalized spacial score (nSPS) is 14.1. The molecule has 0 aliphatic heterocycles. The van der Waals surface area contributed by atoms with Crippen molar-refractivity contribution in [1.82, 2.24) is 0 Å². The smallest absolute Gasteiger partial charge is 0.207 e. The molecule has 0 aliphatic carbocycles. The summed E-state index contributed by atoms with van der Waals surface area (Å²) in [5.41, 5.74) is 4.01. The van der Waals surface area contributed by atoms with Crippen LogP contribution in [0.15, 0.2) is 48.5 Å². The van der Waals surface area contributed by atoms with Crippen LogP contribution in [0.5, 0.6) is 0 Å². The van der Waals surface area contributed by atoms with Gasteiger partial charge in [-0.1, -0.05) is 90.1 Å². The van der Waals surface area contributed by atoms with Crippen molar-refractivity contribution in [1.29, 1.82) is 0 Å². The molecule has 2 aromatic carbocycles. The summed E-state index contributed by atoms with van der Waals surface area (Å²) in [5, 5.41) is 0. The van der Waals surface area contributed by atoms with E-state index in [4.69, 9.17) is 0 Å². The van der Waals surface area contributed by atoms with Crippen molar-refractivity contribution in [3.63, 3.8) is 0 Å². The van der Waals surface area contributed by atoms with Gasteiger partial charge in [0, 0.05) is 0 Å². The zero-order valence-electron chi connectivity index (χ0n) is 17.4. The van der Waals surface area contributed by atoms with Crippen LogP contribution in [0.25, 0.3) is 0 Å². The minimum atomic E-state index is -3.59. The first-order valence-corrected chi connectivity index (χ1v) is 14.9. The Labute approximate surface area is 230 Å². The van der Waals surface area contributed by atoms with E-state index in [9.17, 15) is 8.42 Å². The maximum atomic E-state index is 13.8. The highest BCUT2D eigenvalue weighted by atomic mass is 127. The maximum Gasteiger partial charge on any atom is 0.207 e. The van der Waals surface area contributed by atoms with Crippen LogP contribution in [0.4, 0.5) is 0 Å². The quantitative estimate of drug-likeness (QED) is 0.229. The highest BCUT2D eigenvalue weighted by Crippen LogP contribution is 2.58. The summed E-state index contributed by atoms with van der Waals surface area (Å²) in [6, 6.07) is 15.9. The molecule has 0 radical (unpaired) electrons. The first-order chi connectivity index (χ1) is 12.9. The van der Waals surface area contributed by atoms with Crippen LogP contribution in [0, 0.1) is 0 Å². The van der Waals surface area contributed by atoms with Crippen LogP contribution in [0.2, 0.25) is 0 Å². The van der Waals surface area contributed by atoms with Gasteiger partial charge < -0.3 is 0 Å². The summed E-state index contributed by atoms with van der Waals surface area (Å²) in [6.07, 6.45) is 0. The molecule has 0 fully saturated rings. The summed E-state index contributed by atoms with van der Waals surface area (Å²) >= 11 is 8.31. The van der Waals surface area contributed by atoms with Crippen LogP contribution in [0.3, 0.4) is 0 Å². The SMILES string of the molecule is CC(C)(C)c1ccc(C(I)(I)S(=O)(=O)C(I)(I)c2ccc(C(C)(C)C)cc2)cc1. The first-order valence-electron chi connectivity index (χ1n) is 9.14. The number of benzene rings is 2. The minimum absolute atomic E-state index is 0.0295. The van der Waals surface area contributed by atoms with Crippen LogP contribution < -0.4 is 0 Å². The number of alkyl halides is 4. The monoisotopic (exact) mass is 862 g/mol. The van der Waals surface area contributed by atoms with Gasteiger partial charge in [-0.3, -0.25) is 0 Å². The van der Waals surface area contributed by atoms with Gasteiger partial charge in [-0.15, -0.1) is 0 Å². The second-order valence-electron chi connectivity index (χ2n) is 9.19. The van der Waals surface area contributed by atoms with Crippen LogP contribution >= 0.6 is 90.4 Å². The Morgan fingerprint density at radius 3 is 0.931 bits per heavy atom. The number of sulfone groups is 1. The third-order valence-electron chi connectivity index (χ3n) is 4.85. The lowest BCUT2D eigenvalue weighted by molar-refractivity contribution is 0.589. The van der Waals surface area contributed by atoms with Gasteiger partial charge in [-0.25, -0.2) is 8.42 Å². The molecule has 0 saturated heterocycles. The van der Waals surface area contributed by atoms with E-state index >= 15 is 0 Å². The van der Waals surface area contributed by atoms with E-state index in [0.717, 1.165) is 11.1 Å². The summed E-state index contributed by atoms with van der Waals surface area (Å²) in [6.45, 7) is 12.9. The van der Waals surface area contributed by atoms with Crippen molar-refractivity contribution >= 4 is 100 Å². The molecule has 0 aromatic heterocycles. The first kappa shape index (κ1) is 26.6. The third kappa shape index (κ3) is 5.45. The predicted octanol–water partition coefficient (Wildman–Crippen LogP) is 8.36. The number of halogens is 4. The zero-order chi connectivity index (χ0) is 22.5. The molecule has 29 heavy (non-hydrogen) atoms. The second kappa shape index (κ2) is 8.92. The van der Waals surface area contributed by atoms with Crippen LogP contribution in [-0.4, -0.2) is 8.42 Å². The average molecular weight is 862 g/mol. The van der Waals surface area contributed by atoms with Crippen molar-refractivity contribution in [3.05, 3.63) is 70.8 Å². The Bertz CT molecular complexity index is 888. The summed E-state index contributed by atoms with van der Waals surface area (Å²) in [5.74, 6) is 0. The Hall–Kier alpha value is 1.31. The molecule has 0 aliphatic rings. The fraction of sp³-hybridized carbons (Fsp3) is 0.455. The Morgan fingerprint density at radius 1 is 0.517 bits per heavy atom. The van der Waals surface area contributed by atoms with E-state index in [2.05, 4.69) is 132 Å². The van der Waals surface area contributed by atoms with Gasteiger partial charge in [0.1, 0.15) is 0 Å². The van der Waals surface area contributed by atoms with Gasteiger partial charge in [0.05, 0.1) is 0 Å². The standard InChI is InChI=1S/C22H26I4O2S/c1-19(2,3)15-7-11-17(12-8-15)21(23,24)29(27,28)22(25,26)18-13-9-16(10-14-18)20(4,5)6/h7-14H,1-6H3. The highest BCUT2D eigenvalue weighted by Gasteiger charge is 2.53. The van der Waals surface area contributed by atoms with Crippen molar-refractivity contribution in [2.45, 2.75) is 53.9 Å². The van der Waals surface area contributed by atoms with E-state index in [1.54, 1.807) is 0 Å². The molecule has 160 valence electrons. The van der Waals surface area contributed by atoms with Crippen molar-refractivity contribution < 1.29 is 8.42 Å². The lowest BCUT2D eigenvalue weighted by Gasteiger charge is -2.31. The van der Waals surface area contributed by atoms with Crippen molar-refractivity contribution in [2.75, 3.05) is 0 Å². The molecule has 2 nitrogen and oxygen atoms in total. The zero-order valence-corrected chi connectivity index (χ0v) is 26.8. The number of hydrogen-bond acceptors (Lipinski definition) is 2. The largest absolute Gasteiger partial charge is 0.224 e. The van der Waals surface area contributed by atoms with E-state index in [1.165, 1.54) is 11.1 Å². The van der Waals surface area contributed by atoms with Crippen LogP contribution in [-0.2, 0) is 22.2 Å². The molecule has 0 saturated carbocycles. The molecule has 0 amide bonds. The van der Waals surface area contributed by atoms with E-state index < -0.39 is 11.4 Å². The average Bonchev–Trinajstić information content (AvgIpc) is 2.60. The molecule has 7 heteroatoms. The third-order valence-corrected chi connectivity index (χ3v) is 16.1. The molecule has 2 rings (SSSR count). The van der Waals surface area contributed by atoms with Gasteiger partial charge in [0.15, 0.2) is 0 Å². The fourth-order valence-electron chi connectivity index (χ4n) is 2.80. The summed E-state index contributed by atoms with van der Waals surface area (Å²) < 4.78 is 25.5. The molecular weight excluding hydrogens is 836 g/mol. The van der Waals surface area contributed by atoms with Gasteiger partial charge in [0.25, 0.3) is 0 Å². The van der Waals surface area contributed by atoms with Gasteiger partial charge in [-0.2, -0.15) is 0 Å². The van der Waals surface area contributed by atoms with Gasteiger partial charge in [0.2, 0.25) is 11.4 Å². The topological polar surface area (TPSA) is 34.1 Å². The molecule has 0 bridgehead atoms. The molecule has 0 N–H and O–H groups in total. The lowest BCUT2D eigenvalue weighted by atomic mass is 9.87. The molecule has 0 spiro atoms. The number of rotatable bonds is 4. The van der Waals surface area contributed by atoms with Crippen molar-refractivity contribution in [2.24, 2.45) is 0 Å². The van der Waals surface area contributed by atoms with Gasteiger partial charge >= 0.3 is 0 Å². The van der Waals surface area contributed by atoms with Crippen LogP contribution in [0.1, 0.15) is 63.8 Å². The highest BCUT2D eigenvalue weighted by molar-refractivity contribution is 14.2. The maximum absolute atomic E-state index is 13.8.